The molecule has 1 aromatic heterocycles. The molecule has 1 heterocycles. The lowest BCUT2D eigenvalue weighted by Crippen LogP contribution is -2.43. The molecule has 0 saturated heterocycles. The van der Waals surface area contributed by atoms with Crippen LogP contribution in [0, 0.1) is 12.7 Å². The third kappa shape index (κ3) is 3.22. The number of carbonyl (C=O) groups is 1. The topological polar surface area (TPSA) is 44.1 Å². The lowest BCUT2D eigenvalue weighted by Gasteiger charge is -2.39. The summed E-state index contributed by atoms with van der Waals surface area (Å²) < 4.78 is 21.0. The van der Waals surface area contributed by atoms with E-state index in [9.17, 15) is 9.18 Å². The van der Waals surface area contributed by atoms with Gasteiger partial charge in [0.2, 0.25) is 0 Å². The van der Waals surface area contributed by atoms with E-state index >= 15 is 0 Å². The molecule has 0 spiro atoms. The van der Waals surface area contributed by atoms with E-state index in [4.69, 9.17) is 4.74 Å². The van der Waals surface area contributed by atoms with Crippen LogP contribution < -0.4 is 0 Å². The van der Waals surface area contributed by atoms with Crippen LogP contribution in [0.1, 0.15) is 37.1 Å². The molecule has 0 bridgehead atoms. The fraction of sp³-hybridized carbons (Fsp3) is 0.364. The first-order chi connectivity index (χ1) is 13.1. The number of aromatic nitrogens is 2. The van der Waals surface area contributed by atoms with Crippen molar-refractivity contribution in [1.29, 1.82) is 0 Å². The molecule has 0 unspecified atom stereocenters. The van der Waals surface area contributed by atoms with E-state index < -0.39 is 5.41 Å². The number of hydrogen-bond donors (Lipinski definition) is 0. The number of carbonyl (C=O) groups excluding carboxylic acids is 1. The number of para-hydroxylation sites is 2. The van der Waals surface area contributed by atoms with Crippen molar-refractivity contribution in [3.05, 3.63) is 65.7 Å². The van der Waals surface area contributed by atoms with Gasteiger partial charge in [0, 0.05) is 6.54 Å². The van der Waals surface area contributed by atoms with Gasteiger partial charge in [-0.05, 0) is 56.0 Å². The Bertz CT molecular complexity index is 958. The van der Waals surface area contributed by atoms with Crippen molar-refractivity contribution in [1.82, 2.24) is 9.55 Å². The molecule has 1 saturated carbocycles. The zero-order valence-electron chi connectivity index (χ0n) is 15.5. The van der Waals surface area contributed by atoms with Crippen molar-refractivity contribution in [2.75, 3.05) is 6.61 Å². The number of hydrogen-bond acceptors (Lipinski definition) is 3. The number of aryl methyl sites for hydroxylation is 2. The molecule has 4 nitrogen and oxygen atoms in total. The number of benzene rings is 2. The van der Waals surface area contributed by atoms with Gasteiger partial charge in [-0.15, -0.1) is 0 Å². The zero-order valence-corrected chi connectivity index (χ0v) is 15.5. The van der Waals surface area contributed by atoms with Crippen LogP contribution in [0.3, 0.4) is 0 Å². The minimum absolute atomic E-state index is 0.187. The van der Waals surface area contributed by atoms with Crippen LogP contribution in [0.25, 0.3) is 11.0 Å². The summed E-state index contributed by atoms with van der Waals surface area (Å²) in [5, 5.41) is 0. The van der Waals surface area contributed by atoms with E-state index in [2.05, 4.69) is 15.6 Å². The number of ether oxygens (including phenoxy) is 1. The van der Waals surface area contributed by atoms with Gasteiger partial charge in [0.25, 0.3) is 0 Å². The van der Waals surface area contributed by atoms with Crippen LogP contribution in [-0.4, -0.2) is 22.1 Å². The molecule has 5 heteroatoms. The highest BCUT2D eigenvalue weighted by molar-refractivity contribution is 5.84. The van der Waals surface area contributed by atoms with Gasteiger partial charge in [0.15, 0.2) is 0 Å². The molecule has 0 amide bonds. The van der Waals surface area contributed by atoms with Gasteiger partial charge in [-0.25, -0.2) is 9.37 Å². The largest absolute Gasteiger partial charge is 0.465 e. The summed E-state index contributed by atoms with van der Waals surface area (Å²) in [7, 11) is 0. The van der Waals surface area contributed by atoms with Crippen LogP contribution in [0.4, 0.5) is 4.39 Å². The number of imidazole rings is 1. The monoisotopic (exact) mass is 366 g/mol. The van der Waals surface area contributed by atoms with Crippen LogP contribution >= 0.6 is 0 Å². The van der Waals surface area contributed by atoms with Crippen LogP contribution in [0.5, 0.6) is 0 Å². The Morgan fingerprint density at radius 2 is 1.93 bits per heavy atom. The molecule has 0 atom stereocenters. The zero-order chi connectivity index (χ0) is 18.9. The van der Waals surface area contributed by atoms with Crippen LogP contribution in [0.2, 0.25) is 0 Å². The number of nitrogens with zero attached hydrogens (tertiary/aromatic N) is 2. The number of fused-ring (bicyclic) bond motifs is 1. The molecule has 1 aliphatic rings. The fourth-order valence-corrected chi connectivity index (χ4v) is 3.91. The average Bonchev–Trinajstić information content (AvgIpc) is 2.95. The SMILES string of the molecule is Cc1nc2ccccc2n1CCCOC(=O)C1(c2ccc(F)cc2)CCC1. The third-order valence-corrected chi connectivity index (χ3v) is 5.60. The minimum atomic E-state index is -0.592. The van der Waals surface area contributed by atoms with E-state index in [1.807, 2.05) is 25.1 Å². The first-order valence-electron chi connectivity index (χ1n) is 9.45. The lowest BCUT2D eigenvalue weighted by atomic mass is 9.64. The van der Waals surface area contributed by atoms with E-state index in [1.165, 1.54) is 12.1 Å². The third-order valence-electron chi connectivity index (χ3n) is 5.60. The van der Waals surface area contributed by atoms with Crippen molar-refractivity contribution < 1.29 is 13.9 Å². The summed E-state index contributed by atoms with van der Waals surface area (Å²) in [6.45, 7) is 3.11. The minimum Gasteiger partial charge on any atom is -0.465 e. The first kappa shape index (κ1) is 17.7. The standard InChI is InChI=1S/C22H23FN2O2/c1-16-24-19-6-2-3-7-20(19)25(16)14-5-15-27-21(26)22(12-4-13-22)17-8-10-18(23)11-9-17/h2-3,6-11H,4-5,12-15H2,1H3. The average molecular weight is 366 g/mol. The maximum Gasteiger partial charge on any atom is 0.316 e. The second-order valence-electron chi connectivity index (χ2n) is 7.23. The summed E-state index contributed by atoms with van der Waals surface area (Å²) in [6.07, 6.45) is 3.25. The Kier molecular flexibility index (Phi) is 4.68. The van der Waals surface area contributed by atoms with Gasteiger partial charge in [-0.1, -0.05) is 30.7 Å². The number of halogens is 1. The smallest absolute Gasteiger partial charge is 0.316 e. The van der Waals surface area contributed by atoms with E-state index in [1.54, 1.807) is 12.1 Å². The van der Waals surface area contributed by atoms with Crippen molar-refractivity contribution in [2.45, 2.75) is 44.6 Å². The van der Waals surface area contributed by atoms with Gasteiger partial charge >= 0.3 is 5.97 Å². The Labute approximate surface area is 158 Å². The predicted molar refractivity (Wildman–Crippen MR) is 102 cm³/mol. The van der Waals surface area contributed by atoms with Gasteiger partial charge in [-0.3, -0.25) is 4.79 Å². The Hall–Kier alpha value is -2.69. The van der Waals surface area contributed by atoms with E-state index in [0.717, 1.165) is 54.6 Å². The normalized spacial score (nSPS) is 15.5. The summed E-state index contributed by atoms with van der Waals surface area (Å²) in [4.78, 5) is 17.3. The molecule has 1 fully saturated rings. The van der Waals surface area contributed by atoms with Gasteiger partial charge in [-0.2, -0.15) is 0 Å². The van der Waals surface area contributed by atoms with E-state index in [-0.39, 0.29) is 11.8 Å². The maximum atomic E-state index is 13.2. The van der Waals surface area contributed by atoms with Crippen LogP contribution in [-0.2, 0) is 21.5 Å². The Morgan fingerprint density at radius 3 is 2.63 bits per heavy atom. The summed E-state index contributed by atoms with van der Waals surface area (Å²) in [5.41, 5.74) is 2.35. The Balaban J connectivity index is 1.38. The fourth-order valence-electron chi connectivity index (χ4n) is 3.91. The molecule has 0 N–H and O–H groups in total. The molecule has 3 aromatic rings. The molecule has 140 valence electrons. The first-order valence-corrected chi connectivity index (χ1v) is 9.45. The highest BCUT2D eigenvalue weighted by atomic mass is 19.1. The Morgan fingerprint density at radius 1 is 1.19 bits per heavy atom. The van der Waals surface area contributed by atoms with Gasteiger partial charge < -0.3 is 9.30 Å². The van der Waals surface area contributed by atoms with Gasteiger partial charge in [0.1, 0.15) is 11.6 Å². The van der Waals surface area contributed by atoms with Gasteiger partial charge in [0.05, 0.1) is 23.1 Å². The maximum absolute atomic E-state index is 13.2. The predicted octanol–water partition coefficient (Wildman–Crippen LogP) is 4.54. The summed E-state index contributed by atoms with van der Waals surface area (Å²) >= 11 is 0. The second kappa shape index (κ2) is 7.14. The molecule has 2 aromatic carbocycles. The quantitative estimate of drug-likeness (QED) is 0.475. The molecule has 27 heavy (non-hydrogen) atoms. The number of esters is 1. The molecule has 0 aliphatic heterocycles. The molecular formula is C22H23FN2O2. The summed E-state index contributed by atoms with van der Waals surface area (Å²) in [6, 6.07) is 14.3. The van der Waals surface area contributed by atoms with E-state index in [0.29, 0.717) is 6.61 Å². The summed E-state index contributed by atoms with van der Waals surface area (Å²) in [5.74, 6) is 0.487. The molecule has 0 radical (unpaired) electrons. The van der Waals surface area contributed by atoms with Crippen molar-refractivity contribution in [3.63, 3.8) is 0 Å². The highest BCUT2D eigenvalue weighted by Crippen LogP contribution is 2.44. The molecule has 4 rings (SSSR count). The number of rotatable bonds is 6. The molecule has 1 aliphatic carbocycles. The highest BCUT2D eigenvalue weighted by Gasteiger charge is 2.47. The van der Waals surface area contributed by atoms with Crippen molar-refractivity contribution in [2.24, 2.45) is 0 Å². The lowest BCUT2D eigenvalue weighted by molar-refractivity contribution is -0.154. The second-order valence-corrected chi connectivity index (χ2v) is 7.23. The van der Waals surface area contributed by atoms with Crippen molar-refractivity contribution >= 4 is 17.0 Å². The van der Waals surface area contributed by atoms with Crippen molar-refractivity contribution in [3.8, 4) is 0 Å². The van der Waals surface area contributed by atoms with Crippen LogP contribution in [0.15, 0.2) is 48.5 Å². The molecular weight excluding hydrogens is 343 g/mol.